The molecule has 0 aliphatic carbocycles. The van der Waals surface area contributed by atoms with E-state index in [0.29, 0.717) is 25.8 Å². The molecular formula is C13H14F3N3O. The first-order chi connectivity index (χ1) is 9.43. The summed E-state index contributed by atoms with van der Waals surface area (Å²) in [6.45, 7) is 0.411. The number of amides is 2. The molecule has 2 amide bonds. The monoisotopic (exact) mass is 285 g/mol. The average molecular weight is 285 g/mol. The van der Waals surface area contributed by atoms with Crippen molar-refractivity contribution in [2.45, 2.75) is 25.4 Å². The number of carbonyl (C=O) groups excluding carboxylic acids is 1. The number of hydrogen-bond acceptors (Lipinski definition) is 2. The van der Waals surface area contributed by atoms with Gasteiger partial charge in [0, 0.05) is 18.7 Å². The lowest BCUT2D eigenvalue weighted by Gasteiger charge is -2.09. The van der Waals surface area contributed by atoms with Crippen LogP contribution in [0.4, 0.5) is 23.7 Å². The number of unbranched alkanes of at least 4 members (excludes halogenated alkanes) is 2. The zero-order valence-electron chi connectivity index (χ0n) is 10.6. The average Bonchev–Trinajstić information content (AvgIpc) is 2.38. The number of urea groups is 1. The van der Waals surface area contributed by atoms with Crippen LogP contribution in [0.5, 0.6) is 0 Å². The van der Waals surface area contributed by atoms with Gasteiger partial charge in [-0.3, -0.25) is 0 Å². The molecule has 0 fully saturated rings. The standard InChI is InChI=1S/C13H14F3N3O/c14-13(15,16)10-4-6-11(7-5-10)19-12(20)18-9-3-1-2-8-17/h4-7H,1-3,9H2,(H2,18,19,20). The van der Waals surface area contributed by atoms with Crippen LogP contribution in [0.1, 0.15) is 24.8 Å². The first-order valence-corrected chi connectivity index (χ1v) is 6.02. The molecule has 0 heterocycles. The molecule has 108 valence electrons. The Balaban J connectivity index is 2.37. The number of anilines is 1. The highest BCUT2D eigenvalue weighted by atomic mass is 19.4. The molecule has 1 aromatic rings. The highest BCUT2D eigenvalue weighted by molar-refractivity contribution is 5.89. The highest BCUT2D eigenvalue weighted by Crippen LogP contribution is 2.29. The number of benzene rings is 1. The number of hydrogen-bond donors (Lipinski definition) is 2. The lowest BCUT2D eigenvalue weighted by Crippen LogP contribution is -2.29. The van der Waals surface area contributed by atoms with Gasteiger partial charge in [-0.05, 0) is 37.1 Å². The largest absolute Gasteiger partial charge is 0.416 e. The molecule has 2 N–H and O–H groups in total. The maximum atomic E-state index is 12.3. The predicted molar refractivity (Wildman–Crippen MR) is 67.9 cm³/mol. The summed E-state index contributed by atoms with van der Waals surface area (Å²) >= 11 is 0. The summed E-state index contributed by atoms with van der Waals surface area (Å²) in [4.78, 5) is 11.4. The lowest BCUT2D eigenvalue weighted by atomic mass is 10.2. The summed E-state index contributed by atoms with van der Waals surface area (Å²) in [6.07, 6.45) is -2.59. The van der Waals surface area contributed by atoms with Gasteiger partial charge in [0.05, 0.1) is 11.6 Å². The number of nitrogens with one attached hydrogen (secondary N) is 2. The van der Waals surface area contributed by atoms with Crippen molar-refractivity contribution in [3.8, 4) is 6.07 Å². The van der Waals surface area contributed by atoms with Crippen molar-refractivity contribution in [1.82, 2.24) is 5.32 Å². The minimum Gasteiger partial charge on any atom is -0.338 e. The Morgan fingerprint density at radius 1 is 1.20 bits per heavy atom. The molecule has 0 aliphatic heterocycles. The molecule has 0 atom stereocenters. The van der Waals surface area contributed by atoms with E-state index in [1.54, 1.807) is 0 Å². The van der Waals surface area contributed by atoms with Crippen LogP contribution in [0.3, 0.4) is 0 Å². The van der Waals surface area contributed by atoms with Crippen LogP contribution in [-0.4, -0.2) is 12.6 Å². The quantitative estimate of drug-likeness (QED) is 0.813. The predicted octanol–water partition coefficient (Wildman–Crippen LogP) is 3.52. The van der Waals surface area contributed by atoms with E-state index in [2.05, 4.69) is 10.6 Å². The second-order valence-electron chi connectivity index (χ2n) is 4.07. The zero-order valence-corrected chi connectivity index (χ0v) is 10.6. The van der Waals surface area contributed by atoms with Gasteiger partial charge in [-0.25, -0.2) is 4.79 Å². The summed E-state index contributed by atoms with van der Waals surface area (Å²) in [5, 5.41) is 13.3. The van der Waals surface area contributed by atoms with Crippen molar-refractivity contribution >= 4 is 11.7 Å². The van der Waals surface area contributed by atoms with Crippen LogP contribution in [0.25, 0.3) is 0 Å². The van der Waals surface area contributed by atoms with E-state index >= 15 is 0 Å². The van der Waals surface area contributed by atoms with E-state index in [1.165, 1.54) is 12.1 Å². The molecule has 1 aromatic carbocycles. The molecule has 0 aromatic heterocycles. The van der Waals surface area contributed by atoms with Crippen LogP contribution in [0, 0.1) is 11.3 Å². The van der Waals surface area contributed by atoms with Gasteiger partial charge in [-0.1, -0.05) is 0 Å². The van der Waals surface area contributed by atoms with Crippen molar-refractivity contribution in [3.05, 3.63) is 29.8 Å². The molecular weight excluding hydrogens is 271 g/mol. The fourth-order valence-electron chi connectivity index (χ4n) is 1.45. The maximum Gasteiger partial charge on any atom is 0.416 e. The third-order valence-electron chi connectivity index (χ3n) is 2.47. The fraction of sp³-hybridized carbons (Fsp3) is 0.385. The Kier molecular flexibility index (Phi) is 5.84. The molecule has 0 aliphatic rings. The molecule has 0 saturated heterocycles. The minimum absolute atomic E-state index is 0.285. The first-order valence-electron chi connectivity index (χ1n) is 6.02. The maximum absolute atomic E-state index is 12.3. The summed E-state index contributed by atoms with van der Waals surface area (Å²) < 4.78 is 37.0. The Hall–Kier alpha value is -2.23. The minimum atomic E-state index is -4.39. The van der Waals surface area contributed by atoms with Crippen molar-refractivity contribution in [2.24, 2.45) is 0 Å². The Labute approximate surface area is 114 Å². The number of rotatable bonds is 5. The van der Waals surface area contributed by atoms with Gasteiger partial charge in [-0.2, -0.15) is 18.4 Å². The second-order valence-corrected chi connectivity index (χ2v) is 4.07. The summed E-state index contributed by atoms with van der Waals surface area (Å²) in [5.41, 5.74) is -0.479. The van der Waals surface area contributed by atoms with Gasteiger partial charge in [-0.15, -0.1) is 0 Å². The van der Waals surface area contributed by atoms with E-state index in [9.17, 15) is 18.0 Å². The lowest BCUT2D eigenvalue weighted by molar-refractivity contribution is -0.137. The Morgan fingerprint density at radius 2 is 1.85 bits per heavy atom. The van der Waals surface area contributed by atoms with Crippen LogP contribution >= 0.6 is 0 Å². The normalized spacial score (nSPS) is 10.7. The zero-order chi connectivity index (χ0) is 15.0. The number of carbonyl (C=O) groups is 1. The number of nitrogens with zero attached hydrogens (tertiary/aromatic N) is 1. The molecule has 0 spiro atoms. The van der Waals surface area contributed by atoms with E-state index in [-0.39, 0.29) is 5.69 Å². The summed E-state index contributed by atoms with van der Waals surface area (Å²) in [7, 11) is 0. The summed E-state index contributed by atoms with van der Waals surface area (Å²) in [5.74, 6) is 0. The van der Waals surface area contributed by atoms with Gasteiger partial charge in [0.25, 0.3) is 0 Å². The molecule has 0 bridgehead atoms. The van der Waals surface area contributed by atoms with E-state index in [0.717, 1.165) is 12.1 Å². The molecule has 1 rings (SSSR count). The third kappa shape index (κ3) is 5.61. The van der Waals surface area contributed by atoms with Crippen molar-refractivity contribution in [1.29, 1.82) is 5.26 Å². The number of halogens is 3. The fourth-order valence-corrected chi connectivity index (χ4v) is 1.45. The first kappa shape index (κ1) is 15.8. The molecule has 4 nitrogen and oxygen atoms in total. The molecule has 7 heteroatoms. The van der Waals surface area contributed by atoms with Gasteiger partial charge < -0.3 is 10.6 Å². The van der Waals surface area contributed by atoms with Crippen LogP contribution < -0.4 is 10.6 Å². The SMILES string of the molecule is N#CCCCCNC(=O)Nc1ccc(C(F)(F)F)cc1. The highest BCUT2D eigenvalue weighted by Gasteiger charge is 2.29. The van der Waals surface area contributed by atoms with E-state index < -0.39 is 17.8 Å². The summed E-state index contributed by atoms with van der Waals surface area (Å²) in [6, 6.07) is 5.70. The topological polar surface area (TPSA) is 64.9 Å². The van der Waals surface area contributed by atoms with Gasteiger partial charge >= 0.3 is 12.2 Å². The van der Waals surface area contributed by atoms with Crippen molar-refractivity contribution in [2.75, 3.05) is 11.9 Å². The van der Waals surface area contributed by atoms with Gasteiger partial charge in [0.1, 0.15) is 0 Å². The van der Waals surface area contributed by atoms with Crippen LogP contribution in [-0.2, 0) is 6.18 Å². The molecule has 0 unspecified atom stereocenters. The van der Waals surface area contributed by atoms with Crippen LogP contribution in [0.2, 0.25) is 0 Å². The van der Waals surface area contributed by atoms with Gasteiger partial charge in [0.15, 0.2) is 0 Å². The van der Waals surface area contributed by atoms with E-state index in [4.69, 9.17) is 5.26 Å². The van der Waals surface area contributed by atoms with E-state index in [1.807, 2.05) is 6.07 Å². The third-order valence-corrected chi connectivity index (χ3v) is 2.47. The number of nitriles is 1. The molecule has 20 heavy (non-hydrogen) atoms. The smallest absolute Gasteiger partial charge is 0.338 e. The molecule has 0 radical (unpaired) electrons. The van der Waals surface area contributed by atoms with Crippen molar-refractivity contribution < 1.29 is 18.0 Å². The van der Waals surface area contributed by atoms with Crippen molar-refractivity contribution in [3.63, 3.8) is 0 Å². The second kappa shape index (κ2) is 7.38. The molecule has 0 saturated carbocycles. The number of alkyl halides is 3. The van der Waals surface area contributed by atoms with Crippen LogP contribution in [0.15, 0.2) is 24.3 Å². The Morgan fingerprint density at radius 3 is 2.40 bits per heavy atom. The Bertz CT molecular complexity index is 477. The van der Waals surface area contributed by atoms with Gasteiger partial charge in [0.2, 0.25) is 0 Å².